The van der Waals surface area contributed by atoms with Crippen molar-refractivity contribution in [2.24, 2.45) is 0 Å². The van der Waals surface area contributed by atoms with Crippen LogP contribution in [0.15, 0.2) is 41.7 Å². The van der Waals surface area contributed by atoms with Gasteiger partial charge in [-0.3, -0.25) is 4.79 Å². The Labute approximate surface area is 113 Å². The minimum atomic E-state index is -0.793. The van der Waals surface area contributed by atoms with E-state index < -0.39 is 23.9 Å². The Bertz CT molecular complexity index is 452. The number of amides is 1. The maximum atomic E-state index is 13.4. The fraction of sp³-hybridized carbons (Fsp3) is 0.400. The van der Waals surface area contributed by atoms with Crippen molar-refractivity contribution in [2.75, 3.05) is 0 Å². The molecule has 0 aliphatic carbocycles. The number of benzene rings is 1. The van der Waals surface area contributed by atoms with E-state index in [1.54, 1.807) is 6.92 Å². The lowest BCUT2D eigenvalue weighted by molar-refractivity contribution is -0.120. The van der Waals surface area contributed by atoms with Crippen molar-refractivity contribution < 1.29 is 14.3 Å². The molecule has 1 rings (SSSR count). The van der Waals surface area contributed by atoms with E-state index in [0.717, 1.165) is 5.56 Å². The lowest BCUT2D eigenvalue weighted by Crippen LogP contribution is -2.42. The molecule has 0 saturated carbocycles. The fourth-order valence-electron chi connectivity index (χ4n) is 1.63. The van der Waals surface area contributed by atoms with Gasteiger partial charge in [0.1, 0.15) is 0 Å². The smallest absolute Gasteiger partial charge is 0.280 e. The average Bonchev–Trinajstić information content (AvgIpc) is 2.38. The van der Waals surface area contributed by atoms with E-state index in [1.807, 2.05) is 30.3 Å². The molecule has 1 aromatic carbocycles. The van der Waals surface area contributed by atoms with E-state index in [2.05, 4.69) is 5.32 Å². The summed E-state index contributed by atoms with van der Waals surface area (Å²) in [5.74, 6) is -1.57. The highest BCUT2D eigenvalue weighted by molar-refractivity contribution is 5.91. The summed E-state index contributed by atoms with van der Waals surface area (Å²) in [6, 6.07) is 8.94. The molecule has 3 nitrogen and oxygen atoms in total. The second-order valence-corrected chi connectivity index (χ2v) is 4.83. The monoisotopic (exact) mass is 265 g/mol. The van der Waals surface area contributed by atoms with Crippen molar-refractivity contribution in [1.29, 1.82) is 0 Å². The Hall–Kier alpha value is -1.68. The summed E-state index contributed by atoms with van der Waals surface area (Å²) >= 11 is 0. The zero-order valence-corrected chi connectivity index (χ0v) is 11.5. The summed E-state index contributed by atoms with van der Waals surface area (Å²) in [4.78, 5) is 11.5. The first-order valence-corrected chi connectivity index (χ1v) is 6.27. The first kappa shape index (κ1) is 15.4. The molecule has 2 atom stereocenters. The molecular weight excluding hydrogens is 245 g/mol. The van der Waals surface area contributed by atoms with Gasteiger partial charge in [-0.05, 0) is 31.9 Å². The third kappa shape index (κ3) is 4.83. The first-order valence-electron chi connectivity index (χ1n) is 6.27. The number of hydrogen-bond donors (Lipinski definition) is 2. The van der Waals surface area contributed by atoms with Crippen LogP contribution in [0, 0.1) is 0 Å². The lowest BCUT2D eigenvalue weighted by Gasteiger charge is -2.20. The van der Waals surface area contributed by atoms with Crippen molar-refractivity contribution in [2.45, 2.75) is 39.3 Å². The lowest BCUT2D eigenvalue weighted by atomic mass is 10.0. The van der Waals surface area contributed by atoms with Gasteiger partial charge in [0.25, 0.3) is 5.91 Å². The van der Waals surface area contributed by atoms with Crippen LogP contribution < -0.4 is 5.32 Å². The minimum absolute atomic E-state index is 0.322. The Morgan fingerprint density at radius 2 is 1.89 bits per heavy atom. The first-order chi connectivity index (χ1) is 8.91. The molecular formula is C15H20FNO2. The number of rotatable bonds is 5. The van der Waals surface area contributed by atoms with Crippen LogP contribution in [0.3, 0.4) is 0 Å². The fourth-order valence-corrected chi connectivity index (χ4v) is 1.63. The van der Waals surface area contributed by atoms with Crippen molar-refractivity contribution in [3.8, 4) is 0 Å². The topological polar surface area (TPSA) is 49.3 Å². The zero-order valence-electron chi connectivity index (χ0n) is 11.5. The number of carbonyl (C=O) groups is 1. The van der Waals surface area contributed by atoms with Crippen LogP contribution in [-0.2, 0) is 11.2 Å². The van der Waals surface area contributed by atoms with Crippen molar-refractivity contribution in [3.63, 3.8) is 0 Å². The second kappa shape index (κ2) is 7.04. The Balaban J connectivity index is 2.56. The van der Waals surface area contributed by atoms with E-state index in [-0.39, 0.29) is 0 Å². The maximum Gasteiger partial charge on any atom is 0.280 e. The molecule has 4 heteroatoms. The summed E-state index contributed by atoms with van der Waals surface area (Å²) in [6.45, 7) is 4.71. The van der Waals surface area contributed by atoms with Crippen LogP contribution in [0.5, 0.6) is 0 Å². The molecule has 2 unspecified atom stereocenters. The molecule has 0 aromatic heterocycles. The molecule has 19 heavy (non-hydrogen) atoms. The molecule has 0 fully saturated rings. The van der Waals surface area contributed by atoms with Gasteiger partial charge in [0.15, 0.2) is 5.83 Å². The number of hydrogen-bond acceptors (Lipinski definition) is 2. The van der Waals surface area contributed by atoms with Gasteiger partial charge in [-0.2, -0.15) is 0 Å². The number of aliphatic hydroxyl groups is 1. The Morgan fingerprint density at radius 1 is 1.32 bits per heavy atom. The highest BCUT2D eigenvalue weighted by Crippen LogP contribution is 2.08. The highest BCUT2D eigenvalue weighted by Gasteiger charge is 2.19. The SMILES string of the molecule is CC(C)=C(F)C(=O)NC(C)C(O)Cc1ccccc1. The van der Waals surface area contributed by atoms with E-state index in [4.69, 9.17) is 0 Å². The standard InChI is InChI=1S/C15H20FNO2/c1-10(2)14(16)15(19)17-11(3)13(18)9-12-7-5-4-6-8-12/h4-8,11,13,18H,9H2,1-3H3,(H,17,19). The van der Waals surface area contributed by atoms with Gasteiger partial charge in [-0.15, -0.1) is 0 Å². The van der Waals surface area contributed by atoms with Crippen molar-refractivity contribution in [1.82, 2.24) is 5.32 Å². The van der Waals surface area contributed by atoms with Crippen LogP contribution in [0.2, 0.25) is 0 Å². The third-order valence-electron chi connectivity index (χ3n) is 2.86. The van der Waals surface area contributed by atoms with Crippen molar-refractivity contribution in [3.05, 3.63) is 47.3 Å². The highest BCUT2D eigenvalue weighted by atomic mass is 19.1. The molecule has 1 aromatic rings. The predicted octanol–water partition coefficient (Wildman–Crippen LogP) is 2.36. The molecule has 0 saturated heterocycles. The molecule has 0 aliphatic heterocycles. The number of allylic oxidation sites excluding steroid dienone is 1. The predicted molar refractivity (Wildman–Crippen MR) is 73.2 cm³/mol. The second-order valence-electron chi connectivity index (χ2n) is 4.83. The average molecular weight is 265 g/mol. The zero-order chi connectivity index (χ0) is 14.4. The van der Waals surface area contributed by atoms with Gasteiger partial charge in [0, 0.05) is 6.42 Å². The summed E-state index contributed by atoms with van der Waals surface area (Å²) in [7, 11) is 0. The molecule has 1 amide bonds. The quantitative estimate of drug-likeness (QED) is 0.803. The molecule has 104 valence electrons. The number of nitrogens with one attached hydrogen (secondary N) is 1. The summed E-state index contributed by atoms with van der Waals surface area (Å²) < 4.78 is 13.4. The van der Waals surface area contributed by atoms with E-state index >= 15 is 0 Å². The largest absolute Gasteiger partial charge is 0.391 e. The third-order valence-corrected chi connectivity index (χ3v) is 2.86. The number of aliphatic hydroxyl groups excluding tert-OH is 1. The molecule has 2 N–H and O–H groups in total. The van der Waals surface area contributed by atoms with Gasteiger partial charge in [0.05, 0.1) is 12.1 Å². The summed E-state index contributed by atoms with van der Waals surface area (Å²) in [5, 5.41) is 12.4. The van der Waals surface area contributed by atoms with Crippen LogP contribution in [-0.4, -0.2) is 23.2 Å². The van der Waals surface area contributed by atoms with Gasteiger partial charge in [0.2, 0.25) is 0 Å². The maximum absolute atomic E-state index is 13.4. The van der Waals surface area contributed by atoms with Gasteiger partial charge in [-0.1, -0.05) is 30.3 Å². The summed E-state index contributed by atoms with van der Waals surface area (Å²) in [5.41, 5.74) is 1.29. The number of carbonyl (C=O) groups excluding carboxylic acids is 1. The van der Waals surface area contributed by atoms with Crippen LogP contribution in [0.4, 0.5) is 4.39 Å². The minimum Gasteiger partial charge on any atom is -0.391 e. The molecule has 0 aliphatic rings. The van der Waals surface area contributed by atoms with Crippen LogP contribution >= 0.6 is 0 Å². The van der Waals surface area contributed by atoms with E-state index in [1.165, 1.54) is 13.8 Å². The van der Waals surface area contributed by atoms with E-state index in [0.29, 0.717) is 12.0 Å². The molecule has 0 bridgehead atoms. The molecule has 0 heterocycles. The van der Waals surface area contributed by atoms with Crippen LogP contribution in [0.1, 0.15) is 26.3 Å². The van der Waals surface area contributed by atoms with Crippen molar-refractivity contribution >= 4 is 5.91 Å². The van der Waals surface area contributed by atoms with E-state index in [9.17, 15) is 14.3 Å². The Kier molecular flexibility index (Phi) is 5.70. The van der Waals surface area contributed by atoms with Gasteiger partial charge < -0.3 is 10.4 Å². The van der Waals surface area contributed by atoms with Crippen LogP contribution in [0.25, 0.3) is 0 Å². The molecule has 0 spiro atoms. The van der Waals surface area contributed by atoms with Gasteiger partial charge >= 0.3 is 0 Å². The number of halogens is 1. The normalized spacial score (nSPS) is 13.5. The Morgan fingerprint density at radius 3 is 2.42 bits per heavy atom. The molecule has 0 radical (unpaired) electrons. The summed E-state index contributed by atoms with van der Waals surface area (Å²) in [6.07, 6.45) is -0.338. The van der Waals surface area contributed by atoms with Gasteiger partial charge in [-0.25, -0.2) is 4.39 Å².